The number of aliphatic hydroxyl groups is 2. The second kappa shape index (κ2) is 10.7. The van der Waals surface area contributed by atoms with Crippen molar-refractivity contribution in [3.05, 3.63) is 89.5 Å². The quantitative estimate of drug-likeness (QED) is 0.202. The van der Waals surface area contributed by atoms with Crippen LogP contribution in [0.15, 0.2) is 73.3 Å². The number of rotatable bonds is 7. The number of nitrogens with zero attached hydrogens (tertiary/aromatic N) is 4. The lowest BCUT2D eigenvalue weighted by Crippen LogP contribution is -2.46. The van der Waals surface area contributed by atoms with E-state index in [2.05, 4.69) is 25.6 Å². The van der Waals surface area contributed by atoms with Gasteiger partial charge in [0.15, 0.2) is 23.2 Å². The number of aliphatic hydroxyl groups excluding tert-OH is 2. The van der Waals surface area contributed by atoms with Crippen molar-refractivity contribution in [2.24, 2.45) is 0 Å². The second-order valence-corrected chi connectivity index (χ2v) is 9.91. The Bertz CT molecular complexity index is 1710. The molecular formula is C28H25ClN6O5. The van der Waals surface area contributed by atoms with Gasteiger partial charge in [-0.15, -0.1) is 0 Å². The van der Waals surface area contributed by atoms with Gasteiger partial charge in [-0.1, -0.05) is 41.9 Å². The number of imidazole rings is 1. The van der Waals surface area contributed by atoms with Crippen molar-refractivity contribution in [3.63, 3.8) is 0 Å². The first-order valence-electron chi connectivity index (χ1n) is 12.6. The Hall–Kier alpha value is -4.29. The molecule has 1 saturated heterocycles. The molecular weight excluding hydrogens is 536 g/mol. The van der Waals surface area contributed by atoms with Crippen LogP contribution in [0.25, 0.3) is 21.9 Å². The summed E-state index contributed by atoms with van der Waals surface area (Å²) < 4.78 is 7.54. The molecule has 0 bridgehead atoms. The second-order valence-electron chi connectivity index (χ2n) is 9.47. The number of carbonyl (C=O) groups is 1. The first-order chi connectivity index (χ1) is 19.4. The van der Waals surface area contributed by atoms with Crippen LogP contribution in [0.4, 0.5) is 5.82 Å². The molecule has 5 N–H and O–H groups in total. The highest BCUT2D eigenvalue weighted by Crippen LogP contribution is 2.33. The number of halogens is 1. The molecule has 3 aromatic carbocycles. The normalized spacial score (nSPS) is 20.7. The van der Waals surface area contributed by atoms with Crippen molar-refractivity contribution in [3.8, 4) is 5.75 Å². The molecule has 0 saturated carbocycles. The molecule has 3 heterocycles. The zero-order valence-corrected chi connectivity index (χ0v) is 21.7. The summed E-state index contributed by atoms with van der Waals surface area (Å²) in [7, 11) is 0. The molecule has 0 unspecified atom stereocenters. The van der Waals surface area contributed by atoms with Crippen LogP contribution in [0.1, 0.15) is 22.1 Å². The smallest absolute Gasteiger partial charge is 0.251 e. The number of nitrogens with one attached hydrogen (secondary N) is 2. The maximum absolute atomic E-state index is 13.0. The van der Waals surface area contributed by atoms with Crippen molar-refractivity contribution in [1.82, 2.24) is 24.8 Å². The summed E-state index contributed by atoms with van der Waals surface area (Å²) in [5.41, 5.74) is 2.03. The highest BCUT2D eigenvalue weighted by atomic mass is 35.5. The van der Waals surface area contributed by atoms with Gasteiger partial charge in [-0.2, -0.15) is 0 Å². The molecule has 1 fully saturated rings. The molecule has 1 amide bonds. The number of amides is 1. The maximum atomic E-state index is 13.0. The van der Waals surface area contributed by atoms with Crippen LogP contribution >= 0.6 is 11.6 Å². The van der Waals surface area contributed by atoms with Gasteiger partial charge in [-0.25, -0.2) is 15.0 Å². The number of phenols is 1. The van der Waals surface area contributed by atoms with Crippen LogP contribution in [-0.4, -0.2) is 65.6 Å². The minimum atomic E-state index is -1.20. The van der Waals surface area contributed by atoms with Gasteiger partial charge >= 0.3 is 0 Å². The van der Waals surface area contributed by atoms with E-state index in [0.29, 0.717) is 34.1 Å². The van der Waals surface area contributed by atoms with Gasteiger partial charge < -0.3 is 30.7 Å². The lowest BCUT2D eigenvalue weighted by molar-refractivity contribution is -0.0440. The van der Waals surface area contributed by atoms with Crippen LogP contribution in [0.2, 0.25) is 5.02 Å². The van der Waals surface area contributed by atoms with Crippen LogP contribution in [0.5, 0.6) is 5.75 Å². The lowest BCUT2D eigenvalue weighted by Gasteiger charge is -2.23. The molecule has 11 nitrogen and oxygen atoms in total. The van der Waals surface area contributed by atoms with E-state index in [4.69, 9.17) is 16.3 Å². The maximum Gasteiger partial charge on any atom is 0.251 e. The highest BCUT2D eigenvalue weighted by Gasteiger charge is 2.46. The van der Waals surface area contributed by atoms with Gasteiger partial charge in [0.05, 0.1) is 12.9 Å². The van der Waals surface area contributed by atoms with Crippen LogP contribution in [0.3, 0.4) is 0 Å². The van der Waals surface area contributed by atoms with Gasteiger partial charge in [0.1, 0.15) is 30.3 Å². The SMILES string of the molecule is O=C(N[C@@H]1[C@H](O)[C@@H](CO)O[C@H]1n1cnc2c(NCc3cc(O)cc4ccccc34)ncnc21)c1cccc(Cl)c1. The molecule has 1 aliphatic heterocycles. The Morgan fingerprint density at radius 1 is 1.07 bits per heavy atom. The summed E-state index contributed by atoms with van der Waals surface area (Å²) in [6.07, 6.45) is -0.195. The van der Waals surface area contributed by atoms with Gasteiger partial charge in [0, 0.05) is 17.1 Å². The number of anilines is 1. The molecule has 6 rings (SSSR count). The van der Waals surface area contributed by atoms with Gasteiger partial charge in [-0.3, -0.25) is 9.36 Å². The predicted octanol–water partition coefficient (Wildman–Crippen LogP) is 3.00. The molecule has 4 atom stereocenters. The summed E-state index contributed by atoms with van der Waals surface area (Å²) in [6, 6.07) is 16.7. The van der Waals surface area contributed by atoms with Crippen LogP contribution < -0.4 is 10.6 Å². The number of aromatic nitrogens is 4. The Morgan fingerprint density at radius 3 is 2.75 bits per heavy atom. The van der Waals surface area contributed by atoms with Crippen molar-refractivity contribution < 1.29 is 24.9 Å². The zero-order valence-electron chi connectivity index (χ0n) is 21.0. The third-order valence-electron chi connectivity index (χ3n) is 6.95. The van der Waals surface area contributed by atoms with E-state index < -0.39 is 37.0 Å². The van der Waals surface area contributed by atoms with E-state index in [9.17, 15) is 20.1 Å². The van der Waals surface area contributed by atoms with Crippen molar-refractivity contribution in [2.45, 2.75) is 31.0 Å². The Labute approximate surface area is 233 Å². The first kappa shape index (κ1) is 26.0. The fourth-order valence-electron chi connectivity index (χ4n) is 5.02. The number of phenolic OH excluding ortho intramolecular Hbond substituents is 1. The Kier molecular flexibility index (Phi) is 6.95. The molecule has 12 heteroatoms. The standard InChI is InChI=1S/C28H25ClN6O5/c29-18-6-3-5-16(8-18)27(39)34-22-24(38)21(12-36)40-28(22)35-14-33-23-25(31-13-32-26(23)35)30-11-17-10-19(37)9-15-4-1-2-7-20(15)17/h1-10,13-14,21-22,24,28,36-38H,11-12H2,(H,34,39)(H,30,31,32)/t21-,22-,24-,28-/m1/s1. The van der Waals surface area contributed by atoms with E-state index in [-0.39, 0.29) is 5.75 Å². The Balaban J connectivity index is 1.29. The van der Waals surface area contributed by atoms with Crippen molar-refractivity contribution in [2.75, 3.05) is 11.9 Å². The van der Waals surface area contributed by atoms with E-state index in [1.807, 2.05) is 24.3 Å². The third-order valence-corrected chi connectivity index (χ3v) is 7.18. The van der Waals surface area contributed by atoms with Gasteiger partial charge in [0.25, 0.3) is 5.91 Å². The summed E-state index contributed by atoms with van der Waals surface area (Å²) in [6.45, 7) is -0.0923. The number of ether oxygens (including phenoxy) is 1. The monoisotopic (exact) mass is 560 g/mol. The molecule has 1 aliphatic rings. The van der Waals surface area contributed by atoms with Crippen molar-refractivity contribution in [1.29, 1.82) is 0 Å². The number of aromatic hydroxyl groups is 1. The fourth-order valence-corrected chi connectivity index (χ4v) is 5.21. The summed E-state index contributed by atoms with van der Waals surface area (Å²) in [4.78, 5) is 26.2. The fraction of sp³-hybridized carbons (Fsp3) is 0.214. The van der Waals surface area contributed by atoms with E-state index in [0.717, 1.165) is 16.3 Å². The van der Waals surface area contributed by atoms with Crippen LogP contribution in [-0.2, 0) is 11.3 Å². The predicted molar refractivity (Wildman–Crippen MR) is 148 cm³/mol. The van der Waals surface area contributed by atoms with E-state index in [1.54, 1.807) is 34.9 Å². The third kappa shape index (κ3) is 4.80. The largest absolute Gasteiger partial charge is 0.508 e. The van der Waals surface area contributed by atoms with E-state index >= 15 is 0 Å². The van der Waals surface area contributed by atoms with E-state index in [1.165, 1.54) is 18.7 Å². The molecule has 0 radical (unpaired) electrons. The number of hydrogen-bond donors (Lipinski definition) is 5. The number of fused-ring (bicyclic) bond motifs is 2. The topological polar surface area (TPSA) is 155 Å². The molecule has 0 spiro atoms. The summed E-state index contributed by atoms with van der Waals surface area (Å²) in [5, 5.41) is 39.3. The molecule has 5 aromatic rings. The molecule has 204 valence electrons. The molecule has 40 heavy (non-hydrogen) atoms. The zero-order chi connectivity index (χ0) is 27.8. The number of hydrogen-bond acceptors (Lipinski definition) is 9. The first-order valence-corrected chi connectivity index (χ1v) is 12.9. The molecule has 2 aromatic heterocycles. The van der Waals surface area contributed by atoms with Gasteiger partial charge in [-0.05, 0) is 46.7 Å². The lowest BCUT2D eigenvalue weighted by atomic mass is 10.0. The average molecular weight is 561 g/mol. The molecule has 0 aliphatic carbocycles. The van der Waals surface area contributed by atoms with Gasteiger partial charge in [0.2, 0.25) is 0 Å². The minimum absolute atomic E-state index is 0.161. The highest BCUT2D eigenvalue weighted by molar-refractivity contribution is 6.31. The van der Waals surface area contributed by atoms with Crippen molar-refractivity contribution >= 4 is 45.3 Å². The summed E-state index contributed by atoms with van der Waals surface area (Å²) in [5.74, 6) is 0.153. The summed E-state index contributed by atoms with van der Waals surface area (Å²) >= 11 is 6.04. The van der Waals surface area contributed by atoms with Crippen LogP contribution in [0, 0.1) is 0 Å². The minimum Gasteiger partial charge on any atom is -0.508 e. The average Bonchev–Trinajstić information content (AvgIpc) is 3.52. The number of carbonyl (C=O) groups excluding carboxylic acids is 1. The Morgan fingerprint density at radius 2 is 1.93 bits per heavy atom. The number of benzene rings is 3.